The third-order valence-electron chi connectivity index (χ3n) is 5.07. The van der Waals surface area contributed by atoms with E-state index in [-0.39, 0.29) is 12.9 Å². The summed E-state index contributed by atoms with van der Waals surface area (Å²) >= 11 is 0. The van der Waals surface area contributed by atoms with E-state index in [0.717, 1.165) is 36.1 Å². The maximum atomic E-state index is 11.7. The molecule has 1 aromatic carbocycles. The predicted molar refractivity (Wildman–Crippen MR) is 90.3 cm³/mol. The topological polar surface area (TPSA) is 49.8 Å². The smallest absolute Gasteiger partial charge is 0.372 e. The van der Waals surface area contributed by atoms with Gasteiger partial charge >= 0.3 is 12.9 Å². The molecule has 0 amide bonds. The number of carboxylic acid groups (broad SMARTS) is 1. The molecule has 0 saturated heterocycles. The highest BCUT2D eigenvalue weighted by atomic mass is 16.4. The maximum Gasteiger partial charge on any atom is 0.372 e. The van der Waals surface area contributed by atoms with Gasteiger partial charge in [-0.2, -0.15) is 0 Å². The van der Waals surface area contributed by atoms with Crippen LogP contribution in [0.5, 0.6) is 5.75 Å². The lowest BCUT2D eigenvalue weighted by atomic mass is 9.58. The Morgan fingerprint density at radius 1 is 1.32 bits per heavy atom. The second-order valence-electron chi connectivity index (χ2n) is 6.44. The van der Waals surface area contributed by atoms with E-state index in [1.165, 1.54) is 5.56 Å². The van der Waals surface area contributed by atoms with Crippen molar-refractivity contribution in [3.8, 4) is 5.75 Å². The summed E-state index contributed by atoms with van der Waals surface area (Å²) in [6, 6.07) is 0. The zero-order valence-corrected chi connectivity index (χ0v) is 14.5. The van der Waals surface area contributed by atoms with Crippen LogP contribution in [0.15, 0.2) is 0 Å². The van der Waals surface area contributed by atoms with Crippen molar-refractivity contribution in [2.45, 2.75) is 53.3 Å². The predicted octanol–water partition coefficient (Wildman–Crippen LogP) is 3.12. The van der Waals surface area contributed by atoms with E-state index < -0.39 is 5.97 Å². The average Bonchev–Trinajstić information content (AvgIpc) is 2.44. The normalized spacial score (nSPS) is 17.4. The number of nitrogens with zero attached hydrogens (tertiary/aromatic N) is 1. The molecule has 0 saturated carbocycles. The van der Waals surface area contributed by atoms with E-state index in [0.29, 0.717) is 11.3 Å². The lowest BCUT2D eigenvalue weighted by Gasteiger charge is -2.37. The van der Waals surface area contributed by atoms with Crippen molar-refractivity contribution in [2.24, 2.45) is 0 Å². The summed E-state index contributed by atoms with van der Waals surface area (Å²) in [5, 5.41) is 9.59. The molecule has 0 fully saturated rings. The first-order valence-electron chi connectivity index (χ1n) is 8.02. The van der Waals surface area contributed by atoms with Gasteiger partial charge < -0.3 is 14.7 Å². The summed E-state index contributed by atoms with van der Waals surface area (Å²) < 4.78 is 6.10. The zero-order valence-electron chi connectivity index (χ0n) is 14.5. The fraction of sp³-hybridized carbons (Fsp3) is 0.588. The number of likely N-dealkylation sites (N-methyl/N-ethyl adjacent to an activating group) is 1. The average molecular weight is 303 g/mol. The largest absolute Gasteiger partial charge is 0.558 e. The third kappa shape index (κ3) is 2.74. The van der Waals surface area contributed by atoms with Crippen molar-refractivity contribution in [1.82, 2.24) is 4.90 Å². The van der Waals surface area contributed by atoms with Gasteiger partial charge in [0.25, 0.3) is 0 Å². The van der Waals surface area contributed by atoms with Gasteiger partial charge in [0.2, 0.25) is 0 Å². The second kappa shape index (κ2) is 6.33. The zero-order chi connectivity index (χ0) is 16.6. The Kier molecular flexibility index (Phi) is 4.85. The summed E-state index contributed by atoms with van der Waals surface area (Å²) in [4.78, 5) is 14.0. The van der Waals surface area contributed by atoms with E-state index in [4.69, 9.17) is 4.65 Å². The minimum absolute atomic E-state index is 0.0105. The molecule has 0 aromatic heterocycles. The fourth-order valence-electron chi connectivity index (χ4n) is 3.49. The highest BCUT2D eigenvalue weighted by Gasteiger charge is 2.37. The number of benzene rings is 1. The molecule has 0 spiro atoms. The molecule has 1 atom stereocenters. The molecular formula is C17H26BNO3. The maximum absolute atomic E-state index is 11.7. The molecular weight excluding hydrogens is 277 g/mol. The molecule has 1 aliphatic heterocycles. The van der Waals surface area contributed by atoms with Crippen LogP contribution >= 0.6 is 0 Å². The second-order valence-corrected chi connectivity index (χ2v) is 6.44. The van der Waals surface area contributed by atoms with Crippen LogP contribution in [0, 0.1) is 20.8 Å². The highest BCUT2D eigenvalue weighted by Crippen LogP contribution is 2.38. The van der Waals surface area contributed by atoms with Gasteiger partial charge in [-0.15, -0.1) is 0 Å². The molecule has 1 aromatic rings. The van der Waals surface area contributed by atoms with E-state index in [1.807, 2.05) is 20.7 Å². The standard InChI is InChI=1S/C17H26BNO3/c1-7-8-19(6)14-9-13-11(3)10(2)12(4)15(17(20)21)16(13)22-18(14)5/h14H,7-9H2,1-6H3,(H,20,21). The van der Waals surface area contributed by atoms with Gasteiger partial charge in [0.1, 0.15) is 11.3 Å². The van der Waals surface area contributed by atoms with Crippen molar-refractivity contribution in [3.63, 3.8) is 0 Å². The van der Waals surface area contributed by atoms with E-state index in [2.05, 4.69) is 25.8 Å². The van der Waals surface area contributed by atoms with Crippen LogP contribution < -0.4 is 4.65 Å². The molecule has 1 aliphatic rings. The number of rotatable bonds is 4. The number of carboxylic acids is 1. The molecule has 1 N–H and O–H groups in total. The van der Waals surface area contributed by atoms with Gasteiger partial charge in [0.15, 0.2) is 0 Å². The minimum Gasteiger partial charge on any atom is -0.558 e. The summed E-state index contributed by atoms with van der Waals surface area (Å²) in [5.41, 5.74) is 4.44. The summed E-state index contributed by atoms with van der Waals surface area (Å²) in [5.74, 6) is -0.0268. The molecule has 22 heavy (non-hydrogen) atoms. The van der Waals surface area contributed by atoms with Crippen LogP contribution in [0.2, 0.25) is 6.82 Å². The summed E-state index contributed by atoms with van der Waals surface area (Å²) in [6.45, 7) is 11.2. The van der Waals surface area contributed by atoms with Gasteiger partial charge in [-0.25, -0.2) is 4.79 Å². The highest BCUT2D eigenvalue weighted by molar-refractivity contribution is 6.53. The van der Waals surface area contributed by atoms with Crippen LogP contribution in [0.4, 0.5) is 0 Å². The number of carbonyl (C=O) groups is 1. The Morgan fingerprint density at radius 2 is 1.95 bits per heavy atom. The van der Waals surface area contributed by atoms with Crippen LogP contribution in [0.25, 0.3) is 0 Å². The van der Waals surface area contributed by atoms with Crippen LogP contribution in [-0.2, 0) is 6.42 Å². The first-order valence-corrected chi connectivity index (χ1v) is 8.02. The van der Waals surface area contributed by atoms with Crippen LogP contribution in [0.3, 0.4) is 0 Å². The van der Waals surface area contributed by atoms with Crippen molar-refractivity contribution in [3.05, 3.63) is 27.8 Å². The molecule has 4 nitrogen and oxygen atoms in total. The number of fused-ring (bicyclic) bond motifs is 1. The van der Waals surface area contributed by atoms with Crippen molar-refractivity contribution >= 4 is 12.9 Å². The number of hydrogen-bond acceptors (Lipinski definition) is 3. The van der Waals surface area contributed by atoms with Crippen LogP contribution in [-0.4, -0.2) is 42.4 Å². The van der Waals surface area contributed by atoms with Gasteiger partial charge in [-0.3, -0.25) is 0 Å². The molecule has 0 bridgehead atoms. The molecule has 1 heterocycles. The number of hydrogen-bond donors (Lipinski definition) is 1. The molecule has 5 heteroatoms. The lowest BCUT2D eigenvalue weighted by Crippen LogP contribution is -2.50. The van der Waals surface area contributed by atoms with Gasteiger partial charge in [-0.05, 0) is 76.3 Å². The summed E-state index contributed by atoms with van der Waals surface area (Å²) in [7, 11) is 2.12. The van der Waals surface area contributed by atoms with Gasteiger partial charge in [0, 0.05) is 5.94 Å². The summed E-state index contributed by atoms with van der Waals surface area (Å²) in [6.07, 6.45) is 1.94. The first kappa shape index (κ1) is 16.9. The monoisotopic (exact) mass is 303 g/mol. The fourth-order valence-corrected chi connectivity index (χ4v) is 3.49. The lowest BCUT2D eigenvalue weighted by molar-refractivity contribution is 0.0693. The van der Waals surface area contributed by atoms with Crippen molar-refractivity contribution < 1.29 is 14.6 Å². The molecule has 0 aliphatic carbocycles. The van der Waals surface area contributed by atoms with Crippen LogP contribution in [0.1, 0.15) is 46.0 Å². The Bertz CT molecular complexity index is 600. The third-order valence-corrected chi connectivity index (χ3v) is 5.07. The number of aromatic carboxylic acids is 1. The van der Waals surface area contributed by atoms with E-state index in [1.54, 1.807) is 0 Å². The first-order chi connectivity index (χ1) is 10.3. The Hall–Kier alpha value is -1.49. The van der Waals surface area contributed by atoms with Gasteiger partial charge in [-0.1, -0.05) is 6.92 Å². The minimum atomic E-state index is -0.899. The molecule has 1 unspecified atom stereocenters. The molecule has 0 radical (unpaired) electrons. The SMILES string of the molecule is CCCN(C)C1Cc2c(C)c(C)c(C)c(C(=O)O)c2OB1C. The van der Waals surface area contributed by atoms with Crippen molar-refractivity contribution in [2.75, 3.05) is 13.6 Å². The Labute approximate surface area is 133 Å². The quantitative estimate of drug-likeness (QED) is 0.868. The van der Waals surface area contributed by atoms with E-state index in [9.17, 15) is 9.90 Å². The Morgan fingerprint density at radius 3 is 2.50 bits per heavy atom. The van der Waals surface area contributed by atoms with Gasteiger partial charge in [0.05, 0.1) is 0 Å². The van der Waals surface area contributed by atoms with E-state index >= 15 is 0 Å². The molecule has 120 valence electrons. The Balaban J connectivity index is 2.54. The van der Waals surface area contributed by atoms with Crippen molar-refractivity contribution in [1.29, 1.82) is 0 Å². The molecule has 2 rings (SSSR count).